The van der Waals surface area contributed by atoms with Gasteiger partial charge in [-0.05, 0) is 6.07 Å². The number of ether oxygens (including phenoxy) is 1. The molecule has 0 saturated carbocycles. The van der Waals surface area contributed by atoms with Gasteiger partial charge >= 0.3 is 6.09 Å². The number of nitrogens with one attached hydrogen (secondary N) is 1. The van der Waals surface area contributed by atoms with Crippen LogP contribution in [-0.4, -0.2) is 12.7 Å². The van der Waals surface area contributed by atoms with Crippen molar-refractivity contribution in [2.75, 3.05) is 6.61 Å². The molecule has 5 heteroatoms. The normalized spacial score (nSPS) is 20.4. The quantitative estimate of drug-likeness (QED) is 0.748. The summed E-state index contributed by atoms with van der Waals surface area (Å²) in [6.45, 7) is 0.0708. The van der Waals surface area contributed by atoms with E-state index in [2.05, 4.69) is 10.1 Å². The van der Waals surface area contributed by atoms with Gasteiger partial charge in [0, 0.05) is 11.6 Å². The first-order valence-electron chi connectivity index (χ1n) is 4.05. The van der Waals surface area contributed by atoms with Crippen LogP contribution in [-0.2, 0) is 4.74 Å². The van der Waals surface area contributed by atoms with Crippen molar-refractivity contribution in [2.45, 2.75) is 6.04 Å². The van der Waals surface area contributed by atoms with E-state index < -0.39 is 23.8 Å². The fourth-order valence-corrected chi connectivity index (χ4v) is 1.34. The monoisotopic (exact) mass is 199 g/mol. The Labute approximate surface area is 78.7 Å². The Morgan fingerprint density at radius 1 is 1.43 bits per heavy atom. The van der Waals surface area contributed by atoms with Gasteiger partial charge in [-0.2, -0.15) is 0 Å². The van der Waals surface area contributed by atoms with Crippen LogP contribution in [0.5, 0.6) is 0 Å². The van der Waals surface area contributed by atoms with Crippen molar-refractivity contribution in [3.05, 3.63) is 35.4 Å². The second-order valence-electron chi connectivity index (χ2n) is 2.96. The summed E-state index contributed by atoms with van der Waals surface area (Å²) in [5.74, 6) is -1.32. The van der Waals surface area contributed by atoms with Gasteiger partial charge in [0.2, 0.25) is 0 Å². The summed E-state index contributed by atoms with van der Waals surface area (Å²) < 4.78 is 30.3. The molecular formula is C9H7F2NO2. The van der Waals surface area contributed by atoms with E-state index in [1.54, 1.807) is 0 Å². The number of halogens is 2. The number of carbonyl (C=O) groups is 1. The molecule has 0 radical (unpaired) electrons. The molecule has 74 valence electrons. The zero-order valence-corrected chi connectivity index (χ0v) is 7.09. The molecule has 1 aromatic rings. The van der Waals surface area contributed by atoms with Crippen LogP contribution in [0.4, 0.5) is 13.6 Å². The highest BCUT2D eigenvalue weighted by molar-refractivity contribution is 5.70. The van der Waals surface area contributed by atoms with Gasteiger partial charge in [-0.1, -0.05) is 6.07 Å². The predicted molar refractivity (Wildman–Crippen MR) is 43.6 cm³/mol. The van der Waals surface area contributed by atoms with Gasteiger partial charge in [-0.15, -0.1) is 0 Å². The number of alkyl carbamates (subject to hydrolysis) is 1. The molecule has 0 aromatic heterocycles. The van der Waals surface area contributed by atoms with Crippen LogP contribution < -0.4 is 5.32 Å². The van der Waals surface area contributed by atoms with Crippen molar-refractivity contribution in [3.8, 4) is 0 Å². The molecule has 3 nitrogen and oxygen atoms in total. The van der Waals surface area contributed by atoms with Crippen LogP contribution in [0, 0.1) is 11.6 Å². The van der Waals surface area contributed by atoms with Crippen LogP contribution in [0.1, 0.15) is 11.6 Å². The van der Waals surface area contributed by atoms with Crippen LogP contribution in [0.15, 0.2) is 18.2 Å². The van der Waals surface area contributed by atoms with Gasteiger partial charge in [0.05, 0.1) is 6.04 Å². The molecule has 1 aliphatic rings. The molecule has 1 atom stereocenters. The maximum atomic E-state index is 13.2. The Hall–Kier alpha value is -1.65. The lowest BCUT2D eigenvalue weighted by Gasteiger charge is -2.08. The second kappa shape index (κ2) is 3.25. The van der Waals surface area contributed by atoms with Crippen LogP contribution in [0.3, 0.4) is 0 Å². The molecule has 0 aliphatic carbocycles. The van der Waals surface area contributed by atoms with E-state index in [4.69, 9.17) is 0 Å². The van der Waals surface area contributed by atoms with Crippen molar-refractivity contribution in [3.63, 3.8) is 0 Å². The largest absolute Gasteiger partial charge is 0.447 e. The van der Waals surface area contributed by atoms with E-state index >= 15 is 0 Å². The zero-order valence-electron chi connectivity index (χ0n) is 7.09. The standard InChI is InChI=1S/C9H7F2NO2/c10-5-1-2-6(7(11)3-5)8-4-14-9(13)12-8/h1-3,8H,4H2,(H,12,13)/t8-/m0/s1. The number of benzene rings is 1. The van der Waals surface area contributed by atoms with Crippen molar-refractivity contribution in [1.29, 1.82) is 0 Å². The van der Waals surface area contributed by atoms with Crippen molar-refractivity contribution in [1.82, 2.24) is 5.32 Å². The lowest BCUT2D eigenvalue weighted by atomic mass is 10.1. The fourth-order valence-electron chi connectivity index (χ4n) is 1.34. The lowest BCUT2D eigenvalue weighted by Crippen LogP contribution is -2.19. The molecule has 1 saturated heterocycles. The third kappa shape index (κ3) is 1.53. The SMILES string of the molecule is O=C1N[C@H](c2ccc(F)cc2F)CO1. The third-order valence-electron chi connectivity index (χ3n) is 2.01. The average molecular weight is 199 g/mol. The van der Waals surface area contributed by atoms with Gasteiger partial charge in [0.1, 0.15) is 18.2 Å². The van der Waals surface area contributed by atoms with E-state index in [9.17, 15) is 13.6 Å². The van der Waals surface area contributed by atoms with Gasteiger partial charge in [-0.3, -0.25) is 0 Å². The summed E-state index contributed by atoms with van der Waals surface area (Å²) >= 11 is 0. The van der Waals surface area contributed by atoms with Gasteiger partial charge in [-0.25, -0.2) is 13.6 Å². The number of cyclic esters (lactones) is 1. The first-order valence-corrected chi connectivity index (χ1v) is 4.05. The lowest BCUT2D eigenvalue weighted by molar-refractivity contribution is 0.176. The van der Waals surface area contributed by atoms with Crippen LogP contribution in [0.2, 0.25) is 0 Å². The van der Waals surface area contributed by atoms with Crippen molar-refractivity contribution < 1.29 is 18.3 Å². The van der Waals surface area contributed by atoms with Gasteiger partial charge in [0.15, 0.2) is 0 Å². The van der Waals surface area contributed by atoms with Crippen molar-refractivity contribution in [2.24, 2.45) is 0 Å². The Morgan fingerprint density at radius 3 is 2.79 bits per heavy atom. The number of carbonyl (C=O) groups excluding carboxylic acids is 1. The summed E-state index contributed by atoms with van der Waals surface area (Å²) in [7, 11) is 0. The van der Waals surface area contributed by atoms with Crippen LogP contribution >= 0.6 is 0 Å². The highest BCUT2D eigenvalue weighted by atomic mass is 19.1. The van der Waals surface area contributed by atoms with E-state index in [-0.39, 0.29) is 12.2 Å². The Bertz CT molecular complexity index is 381. The highest BCUT2D eigenvalue weighted by Gasteiger charge is 2.26. The minimum absolute atomic E-state index is 0.0708. The number of hydrogen-bond acceptors (Lipinski definition) is 2. The Balaban J connectivity index is 2.28. The maximum absolute atomic E-state index is 13.2. The molecular weight excluding hydrogens is 192 g/mol. The predicted octanol–water partition coefficient (Wildman–Crippen LogP) is 1.75. The van der Waals surface area contributed by atoms with Crippen LogP contribution in [0.25, 0.3) is 0 Å². The summed E-state index contributed by atoms with van der Waals surface area (Å²) in [6, 6.07) is 2.69. The summed E-state index contributed by atoms with van der Waals surface area (Å²) in [6.07, 6.45) is -0.585. The van der Waals surface area contributed by atoms with Gasteiger partial charge < -0.3 is 10.1 Å². The minimum atomic E-state index is -0.680. The smallest absolute Gasteiger partial charge is 0.407 e. The molecule has 1 heterocycles. The van der Waals surface area contributed by atoms with Crippen molar-refractivity contribution >= 4 is 6.09 Å². The minimum Gasteiger partial charge on any atom is -0.447 e. The fraction of sp³-hybridized carbons (Fsp3) is 0.222. The topological polar surface area (TPSA) is 38.3 Å². The first kappa shape index (κ1) is 8.93. The molecule has 1 amide bonds. The molecule has 0 unspecified atom stereocenters. The summed E-state index contributed by atoms with van der Waals surface area (Å²) in [4.78, 5) is 10.7. The Kier molecular flexibility index (Phi) is 2.07. The second-order valence-corrected chi connectivity index (χ2v) is 2.96. The number of amides is 1. The summed E-state index contributed by atoms with van der Waals surface area (Å²) in [5, 5.41) is 2.41. The number of hydrogen-bond donors (Lipinski definition) is 1. The number of rotatable bonds is 1. The molecule has 0 spiro atoms. The van der Waals surface area contributed by atoms with E-state index in [1.807, 2.05) is 0 Å². The zero-order chi connectivity index (χ0) is 10.1. The first-order chi connectivity index (χ1) is 6.66. The summed E-state index contributed by atoms with van der Waals surface area (Å²) in [5.41, 5.74) is 0.234. The van der Waals surface area contributed by atoms with Gasteiger partial charge in [0.25, 0.3) is 0 Å². The molecule has 0 bridgehead atoms. The molecule has 1 N–H and O–H groups in total. The highest BCUT2D eigenvalue weighted by Crippen LogP contribution is 2.21. The average Bonchev–Trinajstić information content (AvgIpc) is 2.51. The molecule has 1 aromatic carbocycles. The molecule has 1 fully saturated rings. The Morgan fingerprint density at radius 2 is 2.21 bits per heavy atom. The van der Waals surface area contributed by atoms with E-state index in [0.717, 1.165) is 12.1 Å². The van der Waals surface area contributed by atoms with E-state index in [1.165, 1.54) is 6.07 Å². The van der Waals surface area contributed by atoms with E-state index in [0.29, 0.717) is 0 Å². The molecule has 14 heavy (non-hydrogen) atoms. The molecule has 2 rings (SSSR count). The molecule has 1 aliphatic heterocycles. The third-order valence-corrected chi connectivity index (χ3v) is 2.01. The maximum Gasteiger partial charge on any atom is 0.407 e.